The summed E-state index contributed by atoms with van der Waals surface area (Å²) in [6.45, 7) is 5.79. The molecule has 10 radical (unpaired) electrons. The average molecular weight is 509 g/mol. The Labute approximate surface area is 221 Å². The number of nitrogens with zero attached hydrogens (tertiary/aromatic N) is 1. The van der Waals surface area contributed by atoms with Crippen LogP contribution >= 0.6 is 7.92 Å². The Morgan fingerprint density at radius 2 is 1.15 bits per heavy atom. The molecule has 1 nitrogen and oxygen atoms in total. The van der Waals surface area contributed by atoms with Crippen LogP contribution in [0.2, 0.25) is 0 Å². The van der Waals surface area contributed by atoms with Gasteiger partial charge < -0.3 is 0 Å². The second-order valence-corrected chi connectivity index (χ2v) is 11.0. The summed E-state index contributed by atoms with van der Waals surface area (Å²) in [4.78, 5) is 2.79. The predicted octanol–water partition coefficient (Wildman–Crippen LogP) is 6.52. The van der Waals surface area contributed by atoms with Gasteiger partial charge in [0, 0.05) is 30.2 Å². The molecule has 2 aromatic carbocycles. The van der Waals surface area contributed by atoms with Gasteiger partial charge in [-0.05, 0) is 95.6 Å². The summed E-state index contributed by atoms with van der Waals surface area (Å²) in [6, 6.07) is 23.6. The van der Waals surface area contributed by atoms with E-state index < -0.39 is 7.92 Å². The molecule has 2 aromatic rings. The van der Waals surface area contributed by atoms with Gasteiger partial charge in [-0.1, -0.05) is 74.5 Å². The zero-order chi connectivity index (χ0) is 22.9. The van der Waals surface area contributed by atoms with E-state index in [1.54, 1.807) is 0 Å². The first-order chi connectivity index (χ1) is 16.3. The molecule has 0 spiro atoms. The van der Waals surface area contributed by atoms with Crippen molar-refractivity contribution in [2.75, 3.05) is 6.54 Å². The molecule has 176 valence electrons. The van der Waals surface area contributed by atoms with Crippen LogP contribution in [-0.2, 0) is 17.1 Å². The second-order valence-electron chi connectivity index (χ2n) is 8.78. The van der Waals surface area contributed by atoms with Crippen molar-refractivity contribution in [1.82, 2.24) is 4.90 Å². The monoisotopic (exact) mass is 509 g/mol. The molecule has 0 unspecified atom stereocenters. The molecule has 2 aliphatic carbocycles. The molecule has 2 atom stereocenters. The zero-order valence-electron chi connectivity index (χ0n) is 20.3. The van der Waals surface area contributed by atoms with Gasteiger partial charge in [-0.2, -0.15) is 0 Å². The largest absolute Gasteiger partial charge is 2.00 e. The van der Waals surface area contributed by atoms with Crippen molar-refractivity contribution in [3.05, 3.63) is 124 Å². The van der Waals surface area contributed by atoms with Crippen LogP contribution in [-0.4, -0.2) is 23.5 Å². The SMILES string of the molecule is CC[C@@H]1CC[C@@H](CC)N1C[C]1[CH][CH][CH][C]1P(c1ccccc1)c1ccccc1.[CH]1[CH][CH][CH][CH]1.[Fe+2]. The normalized spacial score (nSPS) is 23.6. The Bertz CT molecular complexity index is 734. The van der Waals surface area contributed by atoms with Crippen LogP contribution in [0.25, 0.3) is 0 Å². The van der Waals surface area contributed by atoms with Crippen LogP contribution in [0.4, 0.5) is 0 Å². The maximum Gasteiger partial charge on any atom is 2.00 e. The van der Waals surface area contributed by atoms with Gasteiger partial charge in [-0.25, -0.2) is 0 Å². The fraction of sp³-hybridized carbons (Fsp3) is 0.290. The minimum Gasteiger partial charge on any atom is -0.297 e. The maximum absolute atomic E-state index is 2.79. The van der Waals surface area contributed by atoms with Crippen LogP contribution in [0.3, 0.4) is 0 Å². The molecule has 1 aliphatic heterocycles. The van der Waals surface area contributed by atoms with E-state index in [0.717, 1.165) is 18.6 Å². The van der Waals surface area contributed by atoms with Crippen LogP contribution < -0.4 is 10.6 Å². The van der Waals surface area contributed by atoms with E-state index in [9.17, 15) is 0 Å². The Hall–Kier alpha value is -0.651. The second kappa shape index (κ2) is 14.8. The summed E-state index contributed by atoms with van der Waals surface area (Å²) < 4.78 is 0. The van der Waals surface area contributed by atoms with Crippen molar-refractivity contribution in [2.24, 2.45) is 0 Å². The standard InChI is InChI=1S/C26H31NP.C5H5.Fe/c1-3-22-18-19-23(4-2)27(22)20-21-12-11-17-26(21)28(24-13-7-5-8-14-24)25-15-9-6-10-16-25;1-2-4-5-3-1;/h5-17,22-23H,3-4,18-20H2,1-2H3;1-5H;/q;;+2/t22-,23-;;/m1../s1. The molecule has 2 saturated carbocycles. The molecule has 0 aromatic heterocycles. The topological polar surface area (TPSA) is 3.24 Å². The van der Waals surface area contributed by atoms with Gasteiger partial charge in [0.05, 0.1) is 0 Å². The molecule has 5 rings (SSSR count). The summed E-state index contributed by atoms with van der Waals surface area (Å²) in [5, 5.41) is 2.88. The van der Waals surface area contributed by atoms with E-state index in [1.165, 1.54) is 47.9 Å². The van der Waals surface area contributed by atoms with Crippen molar-refractivity contribution < 1.29 is 17.1 Å². The first-order valence-corrected chi connectivity index (χ1v) is 13.7. The molecule has 1 saturated heterocycles. The van der Waals surface area contributed by atoms with Crippen LogP contribution in [0.5, 0.6) is 0 Å². The van der Waals surface area contributed by atoms with Crippen molar-refractivity contribution in [2.45, 2.75) is 51.6 Å². The molecule has 34 heavy (non-hydrogen) atoms. The van der Waals surface area contributed by atoms with E-state index in [1.807, 2.05) is 32.1 Å². The molecule has 0 bridgehead atoms. The first-order valence-electron chi connectivity index (χ1n) is 12.4. The van der Waals surface area contributed by atoms with E-state index in [0.29, 0.717) is 0 Å². The number of hydrogen-bond donors (Lipinski definition) is 0. The molecule has 0 amide bonds. The number of benzene rings is 2. The molecular weight excluding hydrogens is 473 g/mol. The molecule has 3 fully saturated rings. The average Bonchev–Trinajstić information content (AvgIpc) is 3.65. The Balaban J connectivity index is 0.000000481. The van der Waals surface area contributed by atoms with Gasteiger partial charge in [-0.15, -0.1) is 0 Å². The van der Waals surface area contributed by atoms with E-state index in [-0.39, 0.29) is 17.1 Å². The molecule has 1 heterocycles. The minimum atomic E-state index is -0.514. The number of rotatable bonds is 7. The van der Waals surface area contributed by atoms with Crippen molar-refractivity contribution in [1.29, 1.82) is 0 Å². The Kier molecular flexibility index (Phi) is 12.2. The number of likely N-dealkylation sites (tertiary alicyclic amines) is 1. The fourth-order valence-electron chi connectivity index (χ4n) is 5.05. The first kappa shape index (κ1) is 27.9. The van der Waals surface area contributed by atoms with Crippen molar-refractivity contribution in [3.63, 3.8) is 0 Å². The van der Waals surface area contributed by atoms with Crippen LogP contribution in [0.15, 0.2) is 60.7 Å². The third-order valence-corrected chi connectivity index (χ3v) is 9.32. The smallest absolute Gasteiger partial charge is 0.297 e. The minimum absolute atomic E-state index is 0. The summed E-state index contributed by atoms with van der Waals surface area (Å²) in [5.74, 6) is 1.53. The Morgan fingerprint density at radius 1 is 0.676 bits per heavy atom. The zero-order valence-corrected chi connectivity index (χ0v) is 22.3. The summed E-state index contributed by atoms with van der Waals surface area (Å²) in [7, 11) is -0.514. The number of hydrogen-bond acceptors (Lipinski definition) is 1. The molecule has 0 N–H and O–H groups in total. The van der Waals surface area contributed by atoms with Gasteiger partial charge in [-0.3, -0.25) is 4.90 Å². The summed E-state index contributed by atoms with van der Waals surface area (Å²) in [6.07, 6.45) is 22.3. The van der Waals surface area contributed by atoms with Gasteiger partial charge in [0.15, 0.2) is 0 Å². The van der Waals surface area contributed by atoms with E-state index in [2.05, 4.69) is 98.7 Å². The predicted molar refractivity (Wildman–Crippen MR) is 144 cm³/mol. The molecule has 3 aliphatic rings. The van der Waals surface area contributed by atoms with Gasteiger partial charge in [0.2, 0.25) is 0 Å². The Morgan fingerprint density at radius 3 is 1.59 bits per heavy atom. The fourth-order valence-corrected chi connectivity index (χ4v) is 7.51. The summed E-state index contributed by atoms with van der Waals surface area (Å²) in [5.41, 5.74) is 1.53. The molecular formula is C31H36FeNP+2. The quantitative estimate of drug-likeness (QED) is 0.303. The van der Waals surface area contributed by atoms with Crippen molar-refractivity contribution >= 4 is 18.5 Å². The summed E-state index contributed by atoms with van der Waals surface area (Å²) >= 11 is 0. The third-order valence-electron chi connectivity index (χ3n) is 6.77. The van der Waals surface area contributed by atoms with Gasteiger partial charge in [0.25, 0.3) is 0 Å². The van der Waals surface area contributed by atoms with Crippen molar-refractivity contribution in [3.8, 4) is 0 Å². The van der Waals surface area contributed by atoms with Crippen LogP contribution in [0, 0.1) is 62.9 Å². The van der Waals surface area contributed by atoms with Crippen LogP contribution in [0.1, 0.15) is 39.5 Å². The van der Waals surface area contributed by atoms with Gasteiger partial charge in [0.1, 0.15) is 0 Å². The third kappa shape index (κ3) is 7.20. The van der Waals surface area contributed by atoms with E-state index in [4.69, 9.17) is 0 Å². The van der Waals surface area contributed by atoms with Gasteiger partial charge >= 0.3 is 17.1 Å². The maximum atomic E-state index is 2.79. The van der Waals surface area contributed by atoms with E-state index >= 15 is 0 Å². The molecule has 3 heteroatoms.